The number of unbranched alkanes of at least 4 members (excludes halogenated alkanes) is 17. The molecule has 60 heavy (non-hydrogen) atoms. The lowest BCUT2D eigenvalue weighted by molar-refractivity contribution is -0.167. The highest BCUT2D eigenvalue weighted by atomic mass is 16.6. The van der Waals surface area contributed by atoms with Gasteiger partial charge in [0.25, 0.3) is 0 Å². The Kier molecular flexibility index (Phi) is 44.6. The van der Waals surface area contributed by atoms with Gasteiger partial charge in [-0.2, -0.15) is 0 Å². The summed E-state index contributed by atoms with van der Waals surface area (Å²) in [6.45, 7) is 6.19. The van der Waals surface area contributed by atoms with E-state index in [-0.39, 0.29) is 31.1 Å². The van der Waals surface area contributed by atoms with Crippen molar-refractivity contribution in [3.05, 3.63) is 109 Å². The summed E-state index contributed by atoms with van der Waals surface area (Å²) in [5.74, 6) is -0.960. The quantitative estimate of drug-likeness (QED) is 0.0201. The van der Waals surface area contributed by atoms with Crippen LogP contribution in [0.4, 0.5) is 0 Å². The monoisotopic (exact) mass is 831 g/mol. The molecule has 1 unspecified atom stereocenters. The highest BCUT2D eigenvalue weighted by Crippen LogP contribution is 2.13. The molecular weight excluding hydrogens is 745 g/mol. The van der Waals surface area contributed by atoms with Gasteiger partial charge >= 0.3 is 17.9 Å². The second kappa shape index (κ2) is 47.7. The molecule has 0 radical (unpaired) electrons. The van der Waals surface area contributed by atoms with Gasteiger partial charge in [0.2, 0.25) is 0 Å². The molecule has 0 aliphatic heterocycles. The Morgan fingerprint density at radius 3 is 1.12 bits per heavy atom. The summed E-state index contributed by atoms with van der Waals surface area (Å²) in [6, 6.07) is 0. The molecule has 0 rings (SSSR count). The van der Waals surface area contributed by atoms with Gasteiger partial charge in [-0.1, -0.05) is 201 Å². The van der Waals surface area contributed by atoms with Crippen molar-refractivity contribution < 1.29 is 28.6 Å². The fraction of sp³-hybridized carbons (Fsp3) is 0.611. The Hall–Kier alpha value is -3.93. The number of hydrogen-bond donors (Lipinski definition) is 0. The molecule has 1 atom stereocenters. The predicted octanol–water partition coefficient (Wildman–Crippen LogP) is 15.6. The molecule has 0 fully saturated rings. The molecule has 0 aromatic rings. The van der Waals surface area contributed by atoms with Gasteiger partial charge in [-0.25, -0.2) is 0 Å². The van der Waals surface area contributed by atoms with E-state index < -0.39 is 6.10 Å². The molecule has 0 N–H and O–H groups in total. The molecule has 338 valence electrons. The van der Waals surface area contributed by atoms with Crippen molar-refractivity contribution in [1.29, 1.82) is 0 Å². The average molecular weight is 831 g/mol. The summed E-state index contributed by atoms with van der Waals surface area (Å²) in [7, 11) is 0. The van der Waals surface area contributed by atoms with Gasteiger partial charge in [-0.15, -0.1) is 0 Å². The molecule has 6 nitrogen and oxygen atoms in total. The van der Waals surface area contributed by atoms with Crippen LogP contribution < -0.4 is 0 Å². The molecule has 0 amide bonds. The molecule has 6 heteroatoms. The first kappa shape index (κ1) is 56.1. The Bertz CT molecular complexity index is 1280. The Morgan fingerprint density at radius 2 is 0.683 bits per heavy atom. The largest absolute Gasteiger partial charge is 0.462 e. The van der Waals surface area contributed by atoms with Crippen LogP contribution in [-0.2, 0) is 28.6 Å². The Balaban J connectivity index is 4.48. The van der Waals surface area contributed by atoms with Crippen LogP contribution in [0, 0.1) is 0 Å². The van der Waals surface area contributed by atoms with Crippen molar-refractivity contribution in [2.45, 2.75) is 200 Å². The zero-order valence-corrected chi connectivity index (χ0v) is 38.4. The van der Waals surface area contributed by atoms with Crippen LogP contribution in [0.1, 0.15) is 194 Å². The van der Waals surface area contributed by atoms with Crippen molar-refractivity contribution in [3.8, 4) is 0 Å². The molecule has 0 saturated carbocycles. The zero-order valence-electron chi connectivity index (χ0n) is 38.4. The first-order valence-electron chi connectivity index (χ1n) is 24.0. The minimum Gasteiger partial charge on any atom is -0.462 e. The zero-order chi connectivity index (χ0) is 43.7. The van der Waals surface area contributed by atoms with Gasteiger partial charge < -0.3 is 14.2 Å². The molecule has 0 aliphatic carbocycles. The lowest BCUT2D eigenvalue weighted by Gasteiger charge is -2.18. The van der Waals surface area contributed by atoms with Crippen LogP contribution in [-0.4, -0.2) is 37.2 Å². The number of allylic oxidation sites excluding steroid dienone is 18. The van der Waals surface area contributed by atoms with Crippen LogP contribution in [0.25, 0.3) is 0 Å². The summed E-state index contributed by atoms with van der Waals surface area (Å²) < 4.78 is 16.7. The minimum atomic E-state index is -0.801. The van der Waals surface area contributed by atoms with E-state index in [4.69, 9.17) is 14.2 Å². The van der Waals surface area contributed by atoms with E-state index in [2.05, 4.69) is 106 Å². The van der Waals surface area contributed by atoms with Crippen LogP contribution in [0.3, 0.4) is 0 Å². The van der Waals surface area contributed by atoms with Crippen molar-refractivity contribution in [2.24, 2.45) is 0 Å². The molecule has 0 saturated heterocycles. The Morgan fingerprint density at radius 1 is 0.350 bits per heavy atom. The normalized spacial score (nSPS) is 13.1. The van der Waals surface area contributed by atoms with E-state index in [0.29, 0.717) is 19.3 Å². The van der Waals surface area contributed by atoms with E-state index in [1.54, 1.807) is 0 Å². The SMILES string of the molecule is CC\C=C/C=C\C=C/C=C\CCCCCCCC(=O)OCC(COC(=O)CCCCCCC/C=C\C/C=C\CC)OC(=O)CCCCCCCCC\C=C/C=C\C=C/CC. The molecule has 0 aromatic carbocycles. The van der Waals surface area contributed by atoms with Crippen LogP contribution in [0.2, 0.25) is 0 Å². The van der Waals surface area contributed by atoms with Gasteiger partial charge in [-0.3, -0.25) is 14.4 Å². The van der Waals surface area contributed by atoms with Crippen molar-refractivity contribution in [3.63, 3.8) is 0 Å². The van der Waals surface area contributed by atoms with Crippen molar-refractivity contribution in [2.75, 3.05) is 13.2 Å². The summed E-state index contributed by atoms with van der Waals surface area (Å²) in [5.41, 5.74) is 0. The van der Waals surface area contributed by atoms with E-state index in [1.165, 1.54) is 19.3 Å². The molecular formula is C54H86O6. The molecule has 0 bridgehead atoms. The maximum absolute atomic E-state index is 12.8. The molecule has 0 heterocycles. The third-order valence-electron chi connectivity index (χ3n) is 9.66. The number of carbonyl (C=O) groups is 3. The van der Waals surface area contributed by atoms with Gasteiger partial charge in [-0.05, 0) is 83.5 Å². The second-order valence-electron chi connectivity index (χ2n) is 15.4. The van der Waals surface area contributed by atoms with Crippen LogP contribution in [0.5, 0.6) is 0 Å². The first-order valence-corrected chi connectivity index (χ1v) is 24.0. The number of rotatable bonds is 41. The topological polar surface area (TPSA) is 78.9 Å². The fourth-order valence-corrected chi connectivity index (χ4v) is 6.14. The summed E-state index contributed by atoms with van der Waals surface area (Å²) in [5, 5.41) is 0. The highest BCUT2D eigenvalue weighted by molar-refractivity contribution is 5.71. The molecule has 0 aromatic heterocycles. The van der Waals surface area contributed by atoms with Gasteiger partial charge in [0.1, 0.15) is 13.2 Å². The smallest absolute Gasteiger partial charge is 0.306 e. The van der Waals surface area contributed by atoms with Gasteiger partial charge in [0.15, 0.2) is 6.10 Å². The second-order valence-corrected chi connectivity index (χ2v) is 15.4. The number of hydrogen-bond acceptors (Lipinski definition) is 6. The maximum Gasteiger partial charge on any atom is 0.306 e. The standard InChI is InChI=1S/C54H86O6/c1-4-7-10-13-16-19-22-25-27-29-32-35-38-41-44-47-53(56)59-50-51(49-58-52(55)46-43-40-37-34-31-24-21-18-15-12-9-6-3)60-54(57)48-45-42-39-36-33-30-28-26-23-20-17-14-11-8-5-2/h7-14,16-23,25,27,51H,4-6,15,24,26,28-50H2,1-3H3/b10-7-,11-8-,12-9-,16-13-,17-14-,21-18-,22-19-,23-20-,27-25-. The fourth-order valence-electron chi connectivity index (χ4n) is 6.14. The van der Waals surface area contributed by atoms with E-state index in [0.717, 1.165) is 135 Å². The molecule has 0 aliphatic rings. The number of esters is 3. The van der Waals surface area contributed by atoms with Crippen LogP contribution in [0.15, 0.2) is 109 Å². The van der Waals surface area contributed by atoms with Crippen molar-refractivity contribution in [1.82, 2.24) is 0 Å². The maximum atomic E-state index is 12.8. The average Bonchev–Trinajstić information content (AvgIpc) is 3.24. The van der Waals surface area contributed by atoms with Gasteiger partial charge in [0.05, 0.1) is 0 Å². The lowest BCUT2D eigenvalue weighted by Crippen LogP contribution is -2.30. The third-order valence-corrected chi connectivity index (χ3v) is 9.66. The predicted molar refractivity (Wildman–Crippen MR) is 256 cm³/mol. The van der Waals surface area contributed by atoms with E-state index in [1.807, 2.05) is 24.3 Å². The van der Waals surface area contributed by atoms with E-state index >= 15 is 0 Å². The number of carbonyl (C=O) groups excluding carboxylic acids is 3. The third kappa shape index (κ3) is 45.2. The minimum absolute atomic E-state index is 0.101. The van der Waals surface area contributed by atoms with E-state index in [9.17, 15) is 14.4 Å². The summed E-state index contributed by atoms with van der Waals surface area (Å²) in [4.78, 5) is 37.9. The lowest BCUT2D eigenvalue weighted by atomic mass is 10.1. The van der Waals surface area contributed by atoms with Crippen LogP contribution >= 0.6 is 0 Å². The molecule has 0 spiro atoms. The van der Waals surface area contributed by atoms with Crippen molar-refractivity contribution >= 4 is 17.9 Å². The summed E-state index contributed by atoms with van der Waals surface area (Å²) in [6.07, 6.45) is 63.5. The summed E-state index contributed by atoms with van der Waals surface area (Å²) >= 11 is 0. The highest BCUT2D eigenvalue weighted by Gasteiger charge is 2.19. The number of ether oxygens (including phenoxy) is 3. The first-order chi connectivity index (χ1) is 29.5. The Labute approximate surface area is 368 Å². The van der Waals surface area contributed by atoms with Gasteiger partial charge in [0, 0.05) is 19.3 Å².